The molecule has 0 radical (unpaired) electrons. The predicted molar refractivity (Wildman–Crippen MR) is 80.8 cm³/mol. The van der Waals surface area contributed by atoms with Gasteiger partial charge in [-0.15, -0.1) is 0 Å². The van der Waals surface area contributed by atoms with Gasteiger partial charge in [-0.05, 0) is 25.7 Å². The Balaban J connectivity index is 2.50. The van der Waals surface area contributed by atoms with Crippen LogP contribution in [0, 0.1) is 5.41 Å². The van der Waals surface area contributed by atoms with E-state index in [4.69, 9.17) is 9.47 Å². The molecule has 6 heteroatoms. The highest BCUT2D eigenvalue weighted by molar-refractivity contribution is 7.91. The maximum Gasteiger partial charge on any atom is 0.150 e. The summed E-state index contributed by atoms with van der Waals surface area (Å²) in [4.78, 5) is 0. The fourth-order valence-corrected chi connectivity index (χ4v) is 4.22. The van der Waals surface area contributed by atoms with Crippen LogP contribution in [0.4, 0.5) is 0 Å². The number of nitrogens with one attached hydrogen (secondary N) is 1. The molecule has 20 heavy (non-hydrogen) atoms. The van der Waals surface area contributed by atoms with Crippen LogP contribution in [-0.4, -0.2) is 59.9 Å². The molecule has 1 rings (SSSR count). The van der Waals surface area contributed by atoms with Crippen LogP contribution in [0.5, 0.6) is 0 Å². The van der Waals surface area contributed by atoms with Crippen molar-refractivity contribution in [3.63, 3.8) is 0 Å². The van der Waals surface area contributed by atoms with Gasteiger partial charge in [-0.2, -0.15) is 0 Å². The number of ether oxygens (including phenoxy) is 2. The Labute approximate surface area is 123 Å². The molecule has 0 aliphatic carbocycles. The Kier molecular flexibility index (Phi) is 8.02. The SMILES string of the molecule is CCCS(=O)(=O)CCC1(CNCCOC)CCCOC1. The number of hydrogen-bond donors (Lipinski definition) is 1. The van der Waals surface area contributed by atoms with E-state index in [0.717, 1.165) is 32.5 Å². The third-order valence-electron chi connectivity index (χ3n) is 3.85. The average molecular weight is 307 g/mol. The van der Waals surface area contributed by atoms with Gasteiger partial charge in [-0.3, -0.25) is 0 Å². The van der Waals surface area contributed by atoms with E-state index in [9.17, 15) is 8.42 Å². The summed E-state index contributed by atoms with van der Waals surface area (Å²) < 4.78 is 34.4. The molecular formula is C14H29NO4S. The van der Waals surface area contributed by atoms with E-state index in [1.807, 2.05) is 6.92 Å². The summed E-state index contributed by atoms with van der Waals surface area (Å²) in [5, 5.41) is 3.37. The molecule has 0 spiro atoms. The van der Waals surface area contributed by atoms with Crippen molar-refractivity contribution in [2.45, 2.75) is 32.6 Å². The van der Waals surface area contributed by atoms with Crippen molar-refractivity contribution in [1.29, 1.82) is 0 Å². The minimum atomic E-state index is -2.91. The number of sulfone groups is 1. The van der Waals surface area contributed by atoms with Gasteiger partial charge in [0.05, 0.1) is 19.0 Å². The van der Waals surface area contributed by atoms with Crippen LogP contribution in [0.2, 0.25) is 0 Å². The smallest absolute Gasteiger partial charge is 0.150 e. The zero-order chi connectivity index (χ0) is 14.9. The zero-order valence-corrected chi connectivity index (χ0v) is 13.6. The van der Waals surface area contributed by atoms with Crippen LogP contribution in [0.1, 0.15) is 32.6 Å². The van der Waals surface area contributed by atoms with Crippen LogP contribution >= 0.6 is 0 Å². The summed E-state index contributed by atoms with van der Waals surface area (Å²) in [7, 11) is -1.23. The fraction of sp³-hybridized carbons (Fsp3) is 1.00. The maximum absolute atomic E-state index is 11.9. The van der Waals surface area contributed by atoms with Crippen molar-refractivity contribution in [2.24, 2.45) is 5.41 Å². The molecule has 0 aromatic rings. The number of methoxy groups -OCH3 is 1. The number of hydrogen-bond acceptors (Lipinski definition) is 5. The third kappa shape index (κ3) is 6.52. The first-order valence-corrected chi connectivity index (χ1v) is 9.33. The minimum Gasteiger partial charge on any atom is -0.383 e. The molecule has 1 fully saturated rings. The summed E-state index contributed by atoms with van der Waals surface area (Å²) in [6.45, 7) is 5.63. The Hall–Kier alpha value is -0.170. The summed E-state index contributed by atoms with van der Waals surface area (Å²) in [5.74, 6) is 0.567. The van der Waals surface area contributed by atoms with Gasteiger partial charge in [0.2, 0.25) is 0 Å². The summed E-state index contributed by atoms with van der Waals surface area (Å²) in [6.07, 6.45) is 3.43. The molecular weight excluding hydrogens is 278 g/mol. The van der Waals surface area contributed by atoms with E-state index >= 15 is 0 Å². The molecule has 1 saturated heterocycles. The van der Waals surface area contributed by atoms with Crippen molar-refractivity contribution in [3.8, 4) is 0 Å². The Morgan fingerprint density at radius 2 is 2.15 bits per heavy atom. The molecule has 0 amide bonds. The lowest BCUT2D eigenvalue weighted by Crippen LogP contribution is -2.43. The summed E-state index contributed by atoms with van der Waals surface area (Å²) >= 11 is 0. The molecule has 5 nitrogen and oxygen atoms in total. The zero-order valence-electron chi connectivity index (χ0n) is 12.8. The molecule has 1 aliphatic rings. The van der Waals surface area contributed by atoms with E-state index in [-0.39, 0.29) is 11.2 Å². The lowest BCUT2D eigenvalue weighted by Gasteiger charge is -2.37. The van der Waals surface area contributed by atoms with Gasteiger partial charge < -0.3 is 14.8 Å². The normalized spacial score (nSPS) is 23.9. The van der Waals surface area contributed by atoms with E-state index < -0.39 is 9.84 Å². The van der Waals surface area contributed by atoms with Gasteiger partial charge in [0.25, 0.3) is 0 Å². The molecule has 1 atom stereocenters. The van der Waals surface area contributed by atoms with Crippen molar-refractivity contribution in [2.75, 3.05) is 51.5 Å². The minimum absolute atomic E-state index is 0.0349. The highest BCUT2D eigenvalue weighted by Gasteiger charge is 2.33. The second-order valence-electron chi connectivity index (χ2n) is 5.73. The molecule has 0 aromatic heterocycles. The Morgan fingerprint density at radius 3 is 2.75 bits per heavy atom. The van der Waals surface area contributed by atoms with Gasteiger partial charge in [0.15, 0.2) is 0 Å². The van der Waals surface area contributed by atoms with E-state index in [1.54, 1.807) is 7.11 Å². The average Bonchev–Trinajstić information content (AvgIpc) is 2.43. The van der Waals surface area contributed by atoms with Crippen LogP contribution in [0.25, 0.3) is 0 Å². The van der Waals surface area contributed by atoms with Crippen molar-refractivity contribution < 1.29 is 17.9 Å². The van der Waals surface area contributed by atoms with Crippen LogP contribution in [0.15, 0.2) is 0 Å². The molecule has 1 N–H and O–H groups in total. The fourth-order valence-electron chi connectivity index (χ4n) is 2.65. The molecule has 120 valence electrons. The van der Waals surface area contributed by atoms with Gasteiger partial charge in [-0.1, -0.05) is 6.92 Å². The highest BCUT2D eigenvalue weighted by atomic mass is 32.2. The number of rotatable bonds is 10. The summed E-state index contributed by atoms with van der Waals surface area (Å²) in [5.41, 5.74) is -0.0349. The molecule has 0 bridgehead atoms. The van der Waals surface area contributed by atoms with Crippen molar-refractivity contribution in [1.82, 2.24) is 5.32 Å². The summed E-state index contributed by atoms with van der Waals surface area (Å²) in [6, 6.07) is 0. The molecule has 1 aliphatic heterocycles. The monoisotopic (exact) mass is 307 g/mol. The quantitative estimate of drug-likeness (QED) is 0.615. The third-order valence-corrected chi connectivity index (χ3v) is 5.70. The maximum atomic E-state index is 11.9. The Bertz CT molecular complexity index is 350. The van der Waals surface area contributed by atoms with Gasteiger partial charge in [0, 0.05) is 38.0 Å². The predicted octanol–water partition coefficient (Wildman–Crippen LogP) is 1.23. The second kappa shape index (κ2) is 8.97. The highest BCUT2D eigenvalue weighted by Crippen LogP contribution is 2.32. The molecule has 1 heterocycles. The topological polar surface area (TPSA) is 64.6 Å². The first kappa shape index (κ1) is 17.9. The van der Waals surface area contributed by atoms with Crippen molar-refractivity contribution in [3.05, 3.63) is 0 Å². The first-order valence-electron chi connectivity index (χ1n) is 7.51. The molecule has 0 aromatic carbocycles. The lowest BCUT2D eigenvalue weighted by molar-refractivity contribution is -0.00947. The lowest BCUT2D eigenvalue weighted by atomic mass is 9.80. The van der Waals surface area contributed by atoms with E-state index in [2.05, 4.69) is 5.32 Å². The Morgan fingerprint density at radius 1 is 1.35 bits per heavy atom. The molecule has 1 unspecified atom stereocenters. The molecule has 0 saturated carbocycles. The van der Waals surface area contributed by atoms with Gasteiger partial charge >= 0.3 is 0 Å². The van der Waals surface area contributed by atoms with Crippen LogP contribution in [0.3, 0.4) is 0 Å². The van der Waals surface area contributed by atoms with Gasteiger partial charge in [0.1, 0.15) is 9.84 Å². The standard InChI is InChI=1S/C14H29NO4S/c1-3-10-20(16,17)11-6-14(5-4-8-19-13-14)12-15-7-9-18-2/h15H,3-13H2,1-2H3. The second-order valence-corrected chi connectivity index (χ2v) is 8.03. The van der Waals surface area contributed by atoms with E-state index in [0.29, 0.717) is 31.8 Å². The van der Waals surface area contributed by atoms with Crippen LogP contribution in [-0.2, 0) is 19.3 Å². The van der Waals surface area contributed by atoms with Crippen LogP contribution < -0.4 is 5.32 Å². The van der Waals surface area contributed by atoms with Crippen molar-refractivity contribution >= 4 is 9.84 Å². The largest absolute Gasteiger partial charge is 0.383 e. The van der Waals surface area contributed by atoms with Gasteiger partial charge in [-0.25, -0.2) is 8.42 Å². The first-order chi connectivity index (χ1) is 9.54. The van der Waals surface area contributed by atoms with E-state index in [1.165, 1.54) is 0 Å².